The Morgan fingerprint density at radius 1 is 1.13 bits per heavy atom. The first kappa shape index (κ1) is 19.2. The molecular formula is C23H21N5O2. The summed E-state index contributed by atoms with van der Waals surface area (Å²) in [6.07, 6.45) is 8.52. The number of H-pyrrole nitrogens is 1. The van der Waals surface area contributed by atoms with E-state index in [0.717, 1.165) is 44.7 Å². The highest BCUT2D eigenvalue weighted by atomic mass is 16.5. The van der Waals surface area contributed by atoms with E-state index in [9.17, 15) is 4.79 Å². The second-order valence-electron chi connectivity index (χ2n) is 6.73. The third-order valence-corrected chi connectivity index (χ3v) is 4.80. The minimum Gasteiger partial charge on any atom is -0.497 e. The molecule has 1 aromatic carbocycles. The van der Waals surface area contributed by atoms with E-state index in [4.69, 9.17) is 10.5 Å². The van der Waals surface area contributed by atoms with Gasteiger partial charge in [0.2, 0.25) is 5.91 Å². The van der Waals surface area contributed by atoms with Crippen molar-refractivity contribution in [2.75, 3.05) is 19.5 Å². The van der Waals surface area contributed by atoms with Crippen LogP contribution in [-0.2, 0) is 4.79 Å². The largest absolute Gasteiger partial charge is 0.497 e. The van der Waals surface area contributed by atoms with Crippen LogP contribution in [-0.4, -0.2) is 35.0 Å². The van der Waals surface area contributed by atoms with Gasteiger partial charge in [-0.2, -0.15) is 0 Å². The zero-order chi connectivity index (χ0) is 21.1. The first-order valence-corrected chi connectivity index (χ1v) is 9.35. The number of benzene rings is 1. The monoisotopic (exact) mass is 399 g/mol. The molecule has 30 heavy (non-hydrogen) atoms. The first-order chi connectivity index (χ1) is 14.6. The van der Waals surface area contributed by atoms with E-state index in [0.29, 0.717) is 5.75 Å². The number of rotatable bonds is 6. The van der Waals surface area contributed by atoms with Gasteiger partial charge in [-0.25, -0.2) is 9.97 Å². The fraction of sp³-hybridized carbons (Fsp3) is 0.0870. The number of nitrogens with one attached hydrogen (secondary N) is 2. The highest BCUT2D eigenvalue weighted by Gasteiger charge is 2.11. The summed E-state index contributed by atoms with van der Waals surface area (Å²) in [5.74, 6) is 0.973. The van der Waals surface area contributed by atoms with E-state index in [1.807, 2.05) is 49.8 Å². The highest BCUT2D eigenvalue weighted by Crippen LogP contribution is 2.33. The molecule has 0 saturated carbocycles. The molecule has 0 aliphatic carbocycles. The minimum atomic E-state index is -0.502. The van der Waals surface area contributed by atoms with Crippen molar-refractivity contribution in [3.63, 3.8) is 0 Å². The number of methoxy groups -OCH3 is 1. The SMILES string of the molecule is CNc1cc(-c2c[nH]c3ncc(-c4cc(/C=C/C(N)=O)cc(OC)c4)cc23)ccn1. The molecule has 0 aliphatic rings. The standard InChI is InChI=1S/C23H21N5O2/c1-25-22-11-15(5-6-26-22)20-13-28-23-19(20)10-17(12-27-23)16-7-14(3-4-21(24)29)8-18(9-16)30-2/h3-13H,1-2H3,(H2,24,29)(H,25,26)(H,27,28)/b4-3+. The average molecular weight is 399 g/mol. The van der Waals surface area contributed by atoms with E-state index >= 15 is 0 Å². The van der Waals surface area contributed by atoms with Gasteiger partial charge in [0.1, 0.15) is 17.2 Å². The number of aromatic amines is 1. The van der Waals surface area contributed by atoms with E-state index in [2.05, 4.69) is 26.3 Å². The van der Waals surface area contributed by atoms with E-state index < -0.39 is 5.91 Å². The molecule has 1 amide bonds. The van der Waals surface area contributed by atoms with Crippen molar-refractivity contribution in [2.24, 2.45) is 5.73 Å². The van der Waals surface area contributed by atoms with Crippen molar-refractivity contribution < 1.29 is 9.53 Å². The molecular weight excluding hydrogens is 378 g/mol. The lowest BCUT2D eigenvalue weighted by molar-refractivity contribution is -0.113. The number of carbonyl (C=O) groups is 1. The lowest BCUT2D eigenvalue weighted by Gasteiger charge is -2.08. The molecule has 0 spiro atoms. The Morgan fingerprint density at radius 3 is 2.77 bits per heavy atom. The topological polar surface area (TPSA) is 106 Å². The summed E-state index contributed by atoms with van der Waals surface area (Å²) in [5, 5.41) is 4.06. The quantitative estimate of drug-likeness (QED) is 0.427. The molecule has 150 valence electrons. The Morgan fingerprint density at radius 2 is 2.00 bits per heavy atom. The van der Waals surface area contributed by atoms with Crippen LogP contribution in [0.1, 0.15) is 5.56 Å². The number of nitrogens with two attached hydrogens (primary N) is 1. The van der Waals surface area contributed by atoms with Crippen LogP contribution < -0.4 is 15.8 Å². The molecule has 0 fully saturated rings. The predicted molar refractivity (Wildman–Crippen MR) is 119 cm³/mol. The minimum absolute atomic E-state index is 0.502. The lowest BCUT2D eigenvalue weighted by atomic mass is 10.0. The Balaban J connectivity index is 1.82. The molecule has 7 heteroatoms. The molecule has 0 saturated heterocycles. The Hall–Kier alpha value is -4.13. The predicted octanol–water partition coefficient (Wildman–Crippen LogP) is 3.84. The smallest absolute Gasteiger partial charge is 0.241 e. The van der Waals surface area contributed by atoms with Crippen LogP contribution in [0.2, 0.25) is 0 Å². The summed E-state index contributed by atoms with van der Waals surface area (Å²) in [6, 6.07) is 11.8. The molecule has 0 radical (unpaired) electrons. The number of hydrogen-bond donors (Lipinski definition) is 3. The highest BCUT2D eigenvalue weighted by molar-refractivity contribution is 5.96. The number of fused-ring (bicyclic) bond motifs is 1. The maximum Gasteiger partial charge on any atom is 0.241 e. The van der Waals surface area contributed by atoms with Crippen LogP contribution in [0.4, 0.5) is 5.82 Å². The van der Waals surface area contributed by atoms with Gasteiger partial charge in [-0.3, -0.25) is 4.79 Å². The number of ether oxygens (including phenoxy) is 1. The molecule has 4 N–H and O–H groups in total. The Kier molecular flexibility index (Phi) is 5.17. The van der Waals surface area contributed by atoms with Gasteiger partial charge in [0.15, 0.2) is 0 Å². The summed E-state index contributed by atoms with van der Waals surface area (Å²) in [7, 11) is 3.45. The van der Waals surface area contributed by atoms with Crippen molar-refractivity contribution >= 4 is 28.8 Å². The van der Waals surface area contributed by atoms with Crippen LogP contribution in [0, 0.1) is 0 Å². The van der Waals surface area contributed by atoms with Crippen molar-refractivity contribution in [2.45, 2.75) is 0 Å². The molecule has 7 nitrogen and oxygen atoms in total. The number of primary amides is 1. The fourth-order valence-corrected chi connectivity index (χ4v) is 3.32. The van der Waals surface area contributed by atoms with E-state index in [1.165, 1.54) is 6.08 Å². The zero-order valence-electron chi connectivity index (χ0n) is 16.6. The molecule has 3 aromatic heterocycles. The van der Waals surface area contributed by atoms with Crippen LogP contribution >= 0.6 is 0 Å². The normalized spacial score (nSPS) is 11.1. The molecule has 0 bridgehead atoms. The van der Waals surface area contributed by atoms with Crippen LogP contribution in [0.5, 0.6) is 5.75 Å². The molecule has 4 aromatic rings. The van der Waals surface area contributed by atoms with Crippen LogP contribution in [0.15, 0.2) is 61.1 Å². The summed E-state index contributed by atoms with van der Waals surface area (Å²) in [6.45, 7) is 0. The maximum absolute atomic E-state index is 11.1. The number of pyridine rings is 2. The van der Waals surface area contributed by atoms with Gasteiger partial charge >= 0.3 is 0 Å². The second kappa shape index (κ2) is 8.08. The number of amides is 1. The van der Waals surface area contributed by atoms with Crippen molar-refractivity contribution in [3.05, 3.63) is 66.6 Å². The van der Waals surface area contributed by atoms with Crippen molar-refractivity contribution in [3.8, 4) is 28.0 Å². The summed E-state index contributed by atoms with van der Waals surface area (Å²) < 4.78 is 5.42. The van der Waals surface area contributed by atoms with Gasteiger partial charge in [-0.05, 0) is 59.2 Å². The van der Waals surface area contributed by atoms with Gasteiger partial charge < -0.3 is 20.8 Å². The number of carbonyl (C=O) groups excluding carboxylic acids is 1. The number of nitrogens with zero attached hydrogens (tertiary/aromatic N) is 2. The maximum atomic E-state index is 11.1. The van der Waals surface area contributed by atoms with Crippen molar-refractivity contribution in [1.82, 2.24) is 15.0 Å². The third kappa shape index (κ3) is 3.86. The molecule has 0 atom stereocenters. The first-order valence-electron chi connectivity index (χ1n) is 9.35. The molecule has 3 heterocycles. The number of hydrogen-bond acceptors (Lipinski definition) is 5. The molecule has 4 rings (SSSR count). The van der Waals surface area contributed by atoms with Crippen molar-refractivity contribution in [1.29, 1.82) is 0 Å². The van der Waals surface area contributed by atoms with Gasteiger partial charge in [-0.1, -0.05) is 0 Å². The summed E-state index contributed by atoms with van der Waals surface area (Å²) >= 11 is 0. The summed E-state index contributed by atoms with van der Waals surface area (Å²) in [4.78, 5) is 23.2. The van der Waals surface area contributed by atoms with Crippen LogP contribution in [0.3, 0.4) is 0 Å². The van der Waals surface area contributed by atoms with Gasteiger partial charge in [-0.15, -0.1) is 0 Å². The third-order valence-electron chi connectivity index (χ3n) is 4.80. The zero-order valence-corrected chi connectivity index (χ0v) is 16.6. The van der Waals surface area contributed by atoms with Crippen LogP contribution in [0.25, 0.3) is 39.4 Å². The Labute approximate surface area is 173 Å². The lowest BCUT2D eigenvalue weighted by Crippen LogP contribution is -2.05. The van der Waals surface area contributed by atoms with Gasteiger partial charge in [0.25, 0.3) is 0 Å². The van der Waals surface area contributed by atoms with E-state index in [1.54, 1.807) is 19.4 Å². The van der Waals surface area contributed by atoms with Gasteiger partial charge in [0, 0.05) is 48.2 Å². The average Bonchev–Trinajstić information content (AvgIpc) is 3.20. The molecule has 0 unspecified atom stereocenters. The Bertz CT molecular complexity index is 1260. The molecule has 0 aliphatic heterocycles. The second-order valence-corrected chi connectivity index (χ2v) is 6.73. The summed E-state index contributed by atoms with van der Waals surface area (Å²) in [5.41, 5.74) is 10.8. The number of aromatic nitrogens is 3. The fourth-order valence-electron chi connectivity index (χ4n) is 3.32. The van der Waals surface area contributed by atoms with Gasteiger partial charge in [0.05, 0.1) is 7.11 Å². The van der Waals surface area contributed by atoms with E-state index in [-0.39, 0.29) is 0 Å². The number of anilines is 1.